The number of amides is 2. The number of benzene rings is 3. The number of carbonyl (C=O) groups is 3. The Morgan fingerprint density at radius 2 is 1.50 bits per heavy atom. The molecule has 0 radical (unpaired) electrons. The molecule has 42 heavy (non-hydrogen) atoms. The van der Waals surface area contributed by atoms with Crippen molar-refractivity contribution in [3.8, 4) is 0 Å². The Morgan fingerprint density at radius 3 is 2.17 bits per heavy atom. The monoisotopic (exact) mass is 568 g/mol. The Hall–Kier alpha value is -4.23. The van der Waals surface area contributed by atoms with Crippen molar-refractivity contribution < 1.29 is 24.2 Å². The van der Waals surface area contributed by atoms with E-state index in [0.717, 1.165) is 16.7 Å². The lowest BCUT2D eigenvalue weighted by Crippen LogP contribution is -2.39. The van der Waals surface area contributed by atoms with Gasteiger partial charge in [0.1, 0.15) is 6.10 Å². The number of hydrogen-bond acceptors (Lipinski definition) is 5. The second kappa shape index (κ2) is 16.3. The fraction of sp³-hybridized carbons (Fsp3) is 0.343. The average Bonchev–Trinajstić information content (AvgIpc) is 3.03. The van der Waals surface area contributed by atoms with Crippen LogP contribution in [-0.2, 0) is 32.1 Å². The maximum Gasteiger partial charge on any atom is 0.309 e. The summed E-state index contributed by atoms with van der Waals surface area (Å²) in [7, 11) is 0. The minimum Gasteiger partial charge on any atom is -0.455 e. The van der Waals surface area contributed by atoms with Crippen LogP contribution in [0.3, 0.4) is 0 Å². The maximum absolute atomic E-state index is 13.5. The first-order chi connectivity index (χ1) is 20.5. The molecule has 7 nitrogen and oxygen atoms in total. The molecule has 7 heteroatoms. The molecular weight excluding hydrogens is 528 g/mol. The first-order valence-corrected chi connectivity index (χ1v) is 14.7. The lowest BCUT2D eigenvalue weighted by molar-refractivity contribution is -0.155. The predicted octanol–water partition coefficient (Wildman–Crippen LogP) is 5.01. The number of ether oxygens (including phenoxy) is 1. The quantitative estimate of drug-likeness (QED) is 0.279. The third kappa shape index (κ3) is 9.42. The number of hydrogen-bond donors (Lipinski definition) is 2. The van der Waals surface area contributed by atoms with Crippen LogP contribution in [0.5, 0.6) is 0 Å². The molecular formula is C35H40N2O5. The Kier molecular flexibility index (Phi) is 11.9. The number of nitrogens with zero attached hydrogens (tertiary/aromatic N) is 1. The summed E-state index contributed by atoms with van der Waals surface area (Å²) in [6, 6.07) is 28.9. The van der Waals surface area contributed by atoms with E-state index >= 15 is 0 Å². The van der Waals surface area contributed by atoms with Crippen LogP contribution in [0.4, 0.5) is 0 Å². The second-order valence-corrected chi connectivity index (χ2v) is 10.7. The average molecular weight is 569 g/mol. The van der Waals surface area contributed by atoms with Crippen molar-refractivity contribution in [1.82, 2.24) is 10.2 Å². The molecule has 0 aromatic heterocycles. The van der Waals surface area contributed by atoms with Gasteiger partial charge in [0.15, 0.2) is 0 Å². The molecule has 3 aromatic carbocycles. The number of nitrogens with one attached hydrogen (secondary N) is 1. The summed E-state index contributed by atoms with van der Waals surface area (Å²) in [5.74, 6) is -1.68. The van der Waals surface area contributed by atoms with E-state index < -0.39 is 12.0 Å². The van der Waals surface area contributed by atoms with E-state index in [2.05, 4.69) is 5.32 Å². The van der Waals surface area contributed by atoms with Crippen molar-refractivity contribution in [3.05, 3.63) is 120 Å². The predicted molar refractivity (Wildman–Crippen MR) is 162 cm³/mol. The van der Waals surface area contributed by atoms with Gasteiger partial charge in [-0.1, -0.05) is 103 Å². The Balaban J connectivity index is 1.52. The highest BCUT2D eigenvalue weighted by molar-refractivity contribution is 5.86. The molecule has 0 aliphatic carbocycles. The first kappa shape index (κ1) is 30.7. The number of carbonyl (C=O) groups excluding carboxylic acids is 3. The molecule has 1 aliphatic rings. The topological polar surface area (TPSA) is 95.9 Å². The summed E-state index contributed by atoms with van der Waals surface area (Å²) in [6.45, 7) is 0.487. The van der Waals surface area contributed by atoms with E-state index in [1.165, 1.54) is 0 Å². The summed E-state index contributed by atoms with van der Waals surface area (Å²) >= 11 is 0. The van der Waals surface area contributed by atoms with Crippen LogP contribution in [0, 0.1) is 11.8 Å². The molecule has 2 N–H and O–H groups in total. The number of aliphatic hydroxyl groups is 1. The number of rotatable bonds is 9. The zero-order valence-corrected chi connectivity index (χ0v) is 23.9. The van der Waals surface area contributed by atoms with Gasteiger partial charge in [-0.05, 0) is 42.4 Å². The molecule has 0 spiro atoms. The summed E-state index contributed by atoms with van der Waals surface area (Å²) in [6.07, 6.45) is 5.49. The molecule has 1 heterocycles. The van der Waals surface area contributed by atoms with Gasteiger partial charge in [-0.2, -0.15) is 0 Å². The largest absolute Gasteiger partial charge is 0.455 e. The van der Waals surface area contributed by atoms with Gasteiger partial charge in [0.25, 0.3) is 0 Å². The standard InChI is InChI=1S/C35H40N2O5/c38-22-21-37(26-28-15-7-2-8-16-28)33(39)24-30-19-11-4-12-20-31(23-27-13-5-1-6-14-27)35(41)42-32(25-36-34(30)40)29-17-9-3-10-18-29/h1-11,13-18,30-32,38H,12,19-26H2,(H,36,40). The van der Waals surface area contributed by atoms with Crippen molar-refractivity contribution in [1.29, 1.82) is 0 Å². The van der Waals surface area contributed by atoms with Crippen LogP contribution in [-0.4, -0.2) is 47.5 Å². The molecule has 2 amide bonds. The highest BCUT2D eigenvalue weighted by Crippen LogP contribution is 2.24. The van der Waals surface area contributed by atoms with Gasteiger partial charge in [0.05, 0.1) is 25.0 Å². The van der Waals surface area contributed by atoms with E-state index in [1.807, 2.05) is 103 Å². The van der Waals surface area contributed by atoms with Gasteiger partial charge in [0, 0.05) is 19.5 Å². The fourth-order valence-electron chi connectivity index (χ4n) is 5.19. The Labute approximate surface area is 248 Å². The Morgan fingerprint density at radius 1 is 0.857 bits per heavy atom. The molecule has 0 bridgehead atoms. The van der Waals surface area contributed by atoms with Gasteiger partial charge >= 0.3 is 5.97 Å². The molecule has 4 rings (SSSR count). The van der Waals surface area contributed by atoms with Crippen LogP contribution >= 0.6 is 0 Å². The number of cyclic esters (lactones) is 1. The molecule has 220 valence electrons. The molecule has 3 unspecified atom stereocenters. The van der Waals surface area contributed by atoms with E-state index in [9.17, 15) is 19.5 Å². The van der Waals surface area contributed by atoms with Crippen LogP contribution in [0.1, 0.15) is 48.5 Å². The number of allylic oxidation sites excluding steroid dienone is 2. The maximum atomic E-state index is 13.5. The molecule has 0 fully saturated rings. The Bertz CT molecular complexity index is 1300. The highest BCUT2D eigenvalue weighted by atomic mass is 16.5. The molecule has 1 aliphatic heterocycles. The van der Waals surface area contributed by atoms with Crippen molar-refractivity contribution in [2.45, 2.75) is 44.8 Å². The summed E-state index contributed by atoms with van der Waals surface area (Å²) < 4.78 is 6.06. The van der Waals surface area contributed by atoms with E-state index in [4.69, 9.17) is 4.74 Å². The third-order valence-electron chi connectivity index (χ3n) is 7.55. The van der Waals surface area contributed by atoms with Crippen molar-refractivity contribution in [3.63, 3.8) is 0 Å². The van der Waals surface area contributed by atoms with E-state index in [-0.39, 0.29) is 49.8 Å². The minimum atomic E-state index is -0.657. The highest BCUT2D eigenvalue weighted by Gasteiger charge is 2.28. The van der Waals surface area contributed by atoms with E-state index in [1.54, 1.807) is 4.90 Å². The smallest absolute Gasteiger partial charge is 0.309 e. The van der Waals surface area contributed by atoms with Gasteiger partial charge in [-0.25, -0.2) is 0 Å². The lowest BCUT2D eigenvalue weighted by Gasteiger charge is -2.25. The molecule has 0 saturated heterocycles. The van der Waals surface area contributed by atoms with Crippen LogP contribution in [0.15, 0.2) is 103 Å². The number of esters is 1. The van der Waals surface area contributed by atoms with Crippen LogP contribution < -0.4 is 5.32 Å². The molecule has 3 aromatic rings. The zero-order valence-electron chi connectivity index (χ0n) is 23.9. The van der Waals surface area contributed by atoms with Crippen LogP contribution in [0.2, 0.25) is 0 Å². The van der Waals surface area contributed by atoms with Gasteiger partial charge < -0.3 is 20.1 Å². The first-order valence-electron chi connectivity index (χ1n) is 14.7. The van der Waals surface area contributed by atoms with Crippen LogP contribution in [0.25, 0.3) is 0 Å². The molecule has 0 saturated carbocycles. The minimum absolute atomic E-state index is 0.00936. The summed E-state index contributed by atoms with van der Waals surface area (Å²) in [4.78, 5) is 41.9. The summed E-state index contributed by atoms with van der Waals surface area (Å²) in [5, 5.41) is 12.6. The third-order valence-corrected chi connectivity index (χ3v) is 7.55. The molecule has 3 atom stereocenters. The summed E-state index contributed by atoms with van der Waals surface area (Å²) in [5.41, 5.74) is 2.82. The second-order valence-electron chi connectivity index (χ2n) is 10.7. The fourth-order valence-corrected chi connectivity index (χ4v) is 5.19. The number of aliphatic hydroxyl groups excluding tert-OH is 1. The SMILES string of the molecule is O=C1NCC(c2ccccc2)OC(=O)C(Cc2ccccc2)CCC=CCC1CC(=O)N(CCO)Cc1ccccc1. The van der Waals surface area contributed by atoms with Gasteiger partial charge in [-0.3, -0.25) is 14.4 Å². The van der Waals surface area contributed by atoms with Gasteiger partial charge in [0.2, 0.25) is 11.8 Å². The lowest BCUT2D eigenvalue weighted by atomic mass is 9.94. The van der Waals surface area contributed by atoms with Gasteiger partial charge in [-0.15, -0.1) is 0 Å². The van der Waals surface area contributed by atoms with Crippen molar-refractivity contribution in [2.75, 3.05) is 19.7 Å². The normalized spacial score (nSPS) is 19.9. The van der Waals surface area contributed by atoms with E-state index in [0.29, 0.717) is 32.2 Å². The zero-order chi connectivity index (χ0) is 29.6. The van der Waals surface area contributed by atoms with Crippen molar-refractivity contribution in [2.24, 2.45) is 11.8 Å². The van der Waals surface area contributed by atoms with Crippen molar-refractivity contribution >= 4 is 17.8 Å².